The van der Waals surface area contributed by atoms with E-state index in [4.69, 9.17) is 0 Å². The van der Waals surface area contributed by atoms with Gasteiger partial charge in [-0.3, -0.25) is 4.79 Å². The lowest BCUT2D eigenvalue weighted by atomic mass is 9.85. The Kier molecular flexibility index (Phi) is 2.79. The summed E-state index contributed by atoms with van der Waals surface area (Å²) in [7, 11) is 0. The predicted octanol–water partition coefficient (Wildman–Crippen LogP) is 2.27. The summed E-state index contributed by atoms with van der Waals surface area (Å²) >= 11 is 0. The molecule has 4 heteroatoms. The molecule has 1 heterocycles. The molecule has 0 aromatic heterocycles. The summed E-state index contributed by atoms with van der Waals surface area (Å²) in [6.07, 6.45) is 4.88. The van der Waals surface area contributed by atoms with E-state index in [1.165, 1.54) is 5.06 Å². The Morgan fingerprint density at radius 1 is 1.12 bits per heavy atom. The number of hydroxylamine groups is 2. The number of hydrogen-bond acceptors (Lipinski definition) is 3. The van der Waals surface area contributed by atoms with Crippen LogP contribution in [0.4, 0.5) is 0 Å². The molecule has 2 aliphatic rings. The van der Waals surface area contributed by atoms with Crippen LogP contribution in [0.1, 0.15) is 59.8 Å². The number of amides is 1. The summed E-state index contributed by atoms with van der Waals surface area (Å²) in [6, 6.07) is 0. The van der Waals surface area contributed by atoms with E-state index in [0.29, 0.717) is 5.41 Å². The second-order valence-corrected chi connectivity index (χ2v) is 6.87. The fraction of sp³-hybridized carbons (Fsp3) is 0.923. The molecule has 2 N–H and O–H groups in total. The maximum absolute atomic E-state index is 11.9. The molecule has 1 unspecified atom stereocenters. The van der Waals surface area contributed by atoms with Gasteiger partial charge in [-0.25, -0.2) is 0 Å². The van der Waals surface area contributed by atoms with Crippen molar-refractivity contribution in [2.75, 3.05) is 0 Å². The van der Waals surface area contributed by atoms with Crippen LogP contribution in [0.2, 0.25) is 0 Å². The third kappa shape index (κ3) is 1.97. The normalized spacial score (nSPS) is 36.9. The van der Waals surface area contributed by atoms with Crippen LogP contribution in [-0.4, -0.2) is 27.4 Å². The van der Waals surface area contributed by atoms with Crippen molar-refractivity contribution in [2.45, 2.75) is 71.0 Å². The van der Waals surface area contributed by atoms with Crippen molar-refractivity contribution in [1.29, 1.82) is 0 Å². The van der Waals surface area contributed by atoms with Crippen molar-refractivity contribution in [3.05, 3.63) is 0 Å². The quantitative estimate of drug-likeness (QED) is 0.683. The van der Waals surface area contributed by atoms with Crippen molar-refractivity contribution < 1.29 is 10.0 Å². The molecule has 1 aliphatic heterocycles. The minimum Gasteiger partial charge on any atom is -0.334 e. The predicted molar refractivity (Wildman–Crippen MR) is 65.4 cm³/mol. The highest BCUT2D eigenvalue weighted by atomic mass is 16.5. The van der Waals surface area contributed by atoms with Gasteiger partial charge in [0.25, 0.3) is 0 Å². The monoisotopic (exact) mass is 240 g/mol. The van der Waals surface area contributed by atoms with E-state index >= 15 is 0 Å². The first kappa shape index (κ1) is 12.8. The third-order valence-corrected chi connectivity index (χ3v) is 4.50. The Bertz CT molecular complexity index is 338. The van der Waals surface area contributed by atoms with Gasteiger partial charge in [-0.15, -0.1) is 0 Å². The van der Waals surface area contributed by atoms with Crippen LogP contribution in [-0.2, 0) is 4.79 Å². The van der Waals surface area contributed by atoms with Gasteiger partial charge in [-0.1, -0.05) is 13.8 Å². The van der Waals surface area contributed by atoms with Crippen LogP contribution in [0, 0.1) is 5.41 Å². The van der Waals surface area contributed by atoms with Gasteiger partial charge in [0.1, 0.15) is 11.2 Å². The highest BCUT2D eigenvalue weighted by Crippen LogP contribution is 2.43. The molecule has 0 aromatic rings. The largest absolute Gasteiger partial charge is 0.334 e. The van der Waals surface area contributed by atoms with Gasteiger partial charge in [0.05, 0.1) is 0 Å². The van der Waals surface area contributed by atoms with Gasteiger partial charge in [0.2, 0.25) is 5.91 Å². The first-order chi connectivity index (χ1) is 7.70. The maximum Gasteiger partial charge on any atom is 0.243 e. The molecule has 1 atom stereocenters. The molecule has 0 bridgehead atoms. The molecule has 98 valence electrons. The van der Waals surface area contributed by atoms with Crippen LogP contribution in [0.3, 0.4) is 0 Å². The molecule has 1 amide bonds. The third-order valence-electron chi connectivity index (χ3n) is 4.50. The minimum absolute atomic E-state index is 0.0697. The summed E-state index contributed by atoms with van der Waals surface area (Å²) in [5.41, 5.74) is -1.04. The number of rotatable bonds is 0. The van der Waals surface area contributed by atoms with Gasteiger partial charge in [0.15, 0.2) is 0 Å². The summed E-state index contributed by atoms with van der Waals surface area (Å²) in [6.45, 7) is 8.06. The van der Waals surface area contributed by atoms with E-state index in [1.807, 2.05) is 0 Å². The second kappa shape index (κ2) is 3.69. The van der Waals surface area contributed by atoms with Crippen LogP contribution in [0.15, 0.2) is 0 Å². The lowest BCUT2D eigenvalue weighted by Gasteiger charge is -2.37. The van der Waals surface area contributed by atoms with Crippen molar-refractivity contribution in [2.24, 2.45) is 5.41 Å². The van der Waals surface area contributed by atoms with Gasteiger partial charge >= 0.3 is 0 Å². The van der Waals surface area contributed by atoms with Crippen LogP contribution in [0.5, 0.6) is 0 Å². The Balaban J connectivity index is 2.24. The van der Waals surface area contributed by atoms with Crippen LogP contribution < -0.4 is 5.32 Å². The van der Waals surface area contributed by atoms with Gasteiger partial charge in [-0.2, -0.15) is 5.06 Å². The van der Waals surface area contributed by atoms with Crippen molar-refractivity contribution in [3.63, 3.8) is 0 Å². The number of nitrogens with zero attached hydrogens (tertiary/aromatic N) is 1. The Hall–Kier alpha value is -0.610. The van der Waals surface area contributed by atoms with Gasteiger partial charge in [-0.05, 0) is 51.4 Å². The van der Waals surface area contributed by atoms with Crippen molar-refractivity contribution >= 4 is 5.91 Å². The fourth-order valence-corrected chi connectivity index (χ4v) is 3.04. The standard InChI is InChI=1S/C13H24N2O2/c1-11(2)6-5-7-13(9-8-11)14-10(16)12(3,4)15(13)17/h17H,5-9H2,1-4H3,(H,14,16). The van der Waals surface area contributed by atoms with E-state index < -0.39 is 11.2 Å². The van der Waals surface area contributed by atoms with Gasteiger partial charge in [0, 0.05) is 0 Å². The molecule has 1 saturated heterocycles. The minimum atomic E-state index is -0.811. The van der Waals surface area contributed by atoms with Crippen LogP contribution in [0.25, 0.3) is 0 Å². The number of hydrogen-bond donors (Lipinski definition) is 2. The molecule has 1 spiro atoms. The van der Waals surface area contributed by atoms with E-state index in [0.717, 1.165) is 32.1 Å². The lowest BCUT2D eigenvalue weighted by Crippen LogP contribution is -2.53. The smallest absolute Gasteiger partial charge is 0.243 e. The number of carbonyl (C=O) groups excluding carboxylic acids is 1. The molecule has 1 saturated carbocycles. The maximum atomic E-state index is 11.9. The Morgan fingerprint density at radius 3 is 2.29 bits per heavy atom. The zero-order valence-electron chi connectivity index (χ0n) is 11.3. The zero-order valence-corrected chi connectivity index (χ0v) is 11.3. The highest BCUT2D eigenvalue weighted by Gasteiger charge is 2.56. The molecule has 17 heavy (non-hydrogen) atoms. The molecule has 2 rings (SSSR count). The summed E-state index contributed by atoms with van der Waals surface area (Å²) in [5.74, 6) is -0.0697. The first-order valence-corrected chi connectivity index (χ1v) is 6.52. The molecule has 4 nitrogen and oxygen atoms in total. The second-order valence-electron chi connectivity index (χ2n) is 6.87. The molecular formula is C13H24N2O2. The topological polar surface area (TPSA) is 52.6 Å². The van der Waals surface area contributed by atoms with E-state index in [-0.39, 0.29) is 5.91 Å². The average molecular weight is 240 g/mol. The first-order valence-electron chi connectivity index (χ1n) is 6.52. The summed E-state index contributed by atoms with van der Waals surface area (Å²) < 4.78 is 0. The molecular weight excluding hydrogens is 216 g/mol. The van der Waals surface area contributed by atoms with E-state index in [9.17, 15) is 10.0 Å². The summed E-state index contributed by atoms with van der Waals surface area (Å²) in [5, 5.41) is 14.6. The Morgan fingerprint density at radius 2 is 1.76 bits per heavy atom. The van der Waals surface area contributed by atoms with E-state index in [2.05, 4.69) is 19.2 Å². The summed E-state index contributed by atoms with van der Waals surface area (Å²) in [4.78, 5) is 11.9. The number of carbonyl (C=O) groups is 1. The number of nitrogens with one attached hydrogen (secondary N) is 1. The Labute approximate surface area is 103 Å². The zero-order chi connectivity index (χ0) is 12.9. The molecule has 1 aliphatic carbocycles. The fourth-order valence-electron chi connectivity index (χ4n) is 3.04. The molecule has 2 fully saturated rings. The van der Waals surface area contributed by atoms with Crippen molar-refractivity contribution in [1.82, 2.24) is 10.4 Å². The van der Waals surface area contributed by atoms with Crippen molar-refractivity contribution in [3.8, 4) is 0 Å². The van der Waals surface area contributed by atoms with Crippen LogP contribution >= 0.6 is 0 Å². The van der Waals surface area contributed by atoms with Gasteiger partial charge < -0.3 is 10.5 Å². The lowest BCUT2D eigenvalue weighted by molar-refractivity contribution is -0.209. The molecule has 0 radical (unpaired) electrons. The van der Waals surface area contributed by atoms with E-state index in [1.54, 1.807) is 13.8 Å². The average Bonchev–Trinajstić information content (AvgIpc) is 2.37. The highest BCUT2D eigenvalue weighted by molar-refractivity contribution is 5.88. The molecule has 0 aromatic carbocycles. The SMILES string of the molecule is CC1(C)CCCC2(CC1)NC(=O)C(C)(C)N2O.